The predicted octanol–water partition coefficient (Wildman–Crippen LogP) is 5.05. The molecule has 1 heterocycles. The summed E-state index contributed by atoms with van der Waals surface area (Å²) in [5.41, 5.74) is 6.21. The second-order valence-corrected chi connectivity index (χ2v) is 8.64. The van der Waals surface area contributed by atoms with Gasteiger partial charge in [0.25, 0.3) is 0 Å². The second-order valence-electron chi connectivity index (χ2n) is 8.21. The van der Waals surface area contributed by atoms with E-state index in [-0.39, 0.29) is 35.5 Å². The molecule has 4 aliphatic rings. The summed E-state index contributed by atoms with van der Waals surface area (Å²) in [6.07, 6.45) is 0. The van der Waals surface area contributed by atoms with Crippen LogP contribution in [0, 0.1) is 18.8 Å². The molecule has 3 nitrogen and oxygen atoms in total. The first-order valence-corrected chi connectivity index (χ1v) is 10.3. The second kappa shape index (κ2) is 5.80. The summed E-state index contributed by atoms with van der Waals surface area (Å²) >= 11 is 6.21. The summed E-state index contributed by atoms with van der Waals surface area (Å²) in [4.78, 5) is 28.8. The largest absolute Gasteiger partial charge is 0.274 e. The van der Waals surface area contributed by atoms with E-state index < -0.39 is 0 Å². The first-order chi connectivity index (χ1) is 14.1. The quantitative estimate of drug-likeness (QED) is 0.537. The van der Waals surface area contributed by atoms with Crippen LogP contribution in [-0.2, 0) is 9.59 Å². The molecule has 2 bridgehead atoms. The lowest BCUT2D eigenvalue weighted by Crippen LogP contribution is -2.41. The third kappa shape index (κ3) is 2.09. The Morgan fingerprint density at radius 3 is 1.62 bits per heavy atom. The molecule has 0 radical (unpaired) electrons. The fourth-order valence-electron chi connectivity index (χ4n) is 5.74. The Hall–Kier alpha value is -2.91. The van der Waals surface area contributed by atoms with Gasteiger partial charge in [-0.25, -0.2) is 4.90 Å². The van der Waals surface area contributed by atoms with Crippen LogP contribution in [0.25, 0.3) is 0 Å². The summed E-state index contributed by atoms with van der Waals surface area (Å²) in [6, 6.07) is 21.9. The average Bonchev–Trinajstić information content (AvgIpc) is 3.01. The van der Waals surface area contributed by atoms with Crippen LogP contribution in [0.4, 0.5) is 5.69 Å². The monoisotopic (exact) mass is 399 g/mol. The van der Waals surface area contributed by atoms with Gasteiger partial charge in [0.05, 0.1) is 17.5 Å². The molecule has 2 atom stereocenters. The molecule has 2 amide bonds. The summed E-state index contributed by atoms with van der Waals surface area (Å²) in [7, 11) is 0. The van der Waals surface area contributed by atoms with Gasteiger partial charge in [-0.2, -0.15) is 0 Å². The standard InChI is InChI=1S/C25H18ClNO2/c1-13-10-11-14(26)12-19(13)27-24(28)22-20-15-6-2-3-7-16(15)21(23(22)25(27)29)18-9-5-4-8-17(18)20/h2-12,20-23H,1H3. The lowest BCUT2D eigenvalue weighted by atomic mass is 9.55. The van der Waals surface area contributed by atoms with Gasteiger partial charge >= 0.3 is 0 Å². The van der Waals surface area contributed by atoms with E-state index in [9.17, 15) is 9.59 Å². The van der Waals surface area contributed by atoms with Crippen molar-refractivity contribution in [3.63, 3.8) is 0 Å². The Kier molecular flexibility index (Phi) is 3.40. The van der Waals surface area contributed by atoms with Gasteiger partial charge in [0, 0.05) is 16.9 Å². The minimum atomic E-state index is -0.365. The number of imide groups is 1. The van der Waals surface area contributed by atoms with Gasteiger partial charge in [-0.15, -0.1) is 0 Å². The number of nitrogens with zero attached hydrogens (tertiary/aromatic N) is 1. The van der Waals surface area contributed by atoms with E-state index in [1.165, 1.54) is 27.2 Å². The Labute approximate surface area is 173 Å². The SMILES string of the molecule is Cc1ccc(Cl)cc1N1C(=O)C2C3c4ccccc4C(c4ccccc43)C2C1=O. The van der Waals surface area contributed by atoms with Crippen molar-refractivity contribution in [2.75, 3.05) is 4.90 Å². The van der Waals surface area contributed by atoms with Crippen LogP contribution in [0.5, 0.6) is 0 Å². The average molecular weight is 400 g/mol. The molecule has 3 aliphatic carbocycles. The van der Waals surface area contributed by atoms with Crippen molar-refractivity contribution in [3.8, 4) is 0 Å². The molecule has 29 heavy (non-hydrogen) atoms. The molecule has 1 aliphatic heterocycles. The molecule has 0 aromatic heterocycles. The molecule has 0 spiro atoms. The number of carbonyl (C=O) groups excluding carboxylic acids is 2. The number of amides is 2. The van der Waals surface area contributed by atoms with Crippen LogP contribution in [0.3, 0.4) is 0 Å². The smallest absolute Gasteiger partial charge is 0.238 e. The zero-order chi connectivity index (χ0) is 19.9. The highest BCUT2D eigenvalue weighted by Gasteiger charge is 2.61. The van der Waals surface area contributed by atoms with Gasteiger partial charge in [-0.05, 0) is 46.9 Å². The van der Waals surface area contributed by atoms with E-state index in [4.69, 9.17) is 11.6 Å². The van der Waals surface area contributed by atoms with Gasteiger partial charge in [0.1, 0.15) is 0 Å². The van der Waals surface area contributed by atoms with Gasteiger partial charge in [0.2, 0.25) is 11.8 Å². The number of anilines is 1. The summed E-state index contributed by atoms with van der Waals surface area (Å²) < 4.78 is 0. The molecule has 0 N–H and O–H groups in total. The lowest BCUT2D eigenvalue weighted by Gasteiger charge is -2.45. The maximum Gasteiger partial charge on any atom is 0.238 e. The van der Waals surface area contributed by atoms with E-state index in [1.807, 2.05) is 37.3 Å². The van der Waals surface area contributed by atoms with Crippen molar-refractivity contribution in [2.45, 2.75) is 18.8 Å². The topological polar surface area (TPSA) is 37.4 Å². The van der Waals surface area contributed by atoms with E-state index >= 15 is 0 Å². The molecule has 1 fully saturated rings. The molecule has 142 valence electrons. The number of rotatable bonds is 1. The Bertz CT molecular complexity index is 1100. The molecule has 1 saturated heterocycles. The normalized spacial score (nSPS) is 26.3. The maximum atomic E-state index is 13.7. The minimum Gasteiger partial charge on any atom is -0.274 e. The van der Waals surface area contributed by atoms with Crippen molar-refractivity contribution in [1.29, 1.82) is 0 Å². The van der Waals surface area contributed by atoms with Crippen LogP contribution in [0.2, 0.25) is 5.02 Å². The fraction of sp³-hybridized carbons (Fsp3) is 0.200. The molecule has 2 unspecified atom stereocenters. The lowest BCUT2D eigenvalue weighted by molar-refractivity contribution is -0.122. The van der Waals surface area contributed by atoms with Gasteiger partial charge in [-0.1, -0.05) is 66.2 Å². The minimum absolute atomic E-state index is 0.0849. The highest BCUT2D eigenvalue weighted by Crippen LogP contribution is 2.61. The van der Waals surface area contributed by atoms with Crippen molar-refractivity contribution in [1.82, 2.24) is 0 Å². The van der Waals surface area contributed by atoms with Gasteiger partial charge in [-0.3, -0.25) is 9.59 Å². The number of aryl methyl sites for hydroxylation is 1. The fourth-order valence-corrected chi connectivity index (χ4v) is 5.90. The van der Waals surface area contributed by atoms with Crippen molar-refractivity contribution in [3.05, 3.63) is 99.6 Å². The van der Waals surface area contributed by atoms with E-state index in [0.29, 0.717) is 10.7 Å². The zero-order valence-corrected chi connectivity index (χ0v) is 16.6. The van der Waals surface area contributed by atoms with E-state index in [2.05, 4.69) is 24.3 Å². The number of hydrogen-bond donors (Lipinski definition) is 0. The predicted molar refractivity (Wildman–Crippen MR) is 112 cm³/mol. The Balaban J connectivity index is 1.58. The van der Waals surface area contributed by atoms with E-state index in [0.717, 1.165) is 5.56 Å². The van der Waals surface area contributed by atoms with Crippen molar-refractivity contribution in [2.24, 2.45) is 11.8 Å². The number of halogens is 1. The highest BCUT2D eigenvalue weighted by molar-refractivity contribution is 6.31. The number of benzene rings is 3. The van der Waals surface area contributed by atoms with Gasteiger partial charge in [0.15, 0.2) is 0 Å². The summed E-state index contributed by atoms with van der Waals surface area (Å²) in [5, 5.41) is 0.524. The van der Waals surface area contributed by atoms with Crippen LogP contribution in [0.1, 0.15) is 39.7 Å². The number of hydrogen-bond acceptors (Lipinski definition) is 2. The molecular weight excluding hydrogens is 382 g/mol. The zero-order valence-electron chi connectivity index (χ0n) is 15.8. The van der Waals surface area contributed by atoms with E-state index in [1.54, 1.807) is 12.1 Å². The Morgan fingerprint density at radius 1 is 0.724 bits per heavy atom. The molecule has 4 heteroatoms. The van der Waals surface area contributed by atoms with Crippen LogP contribution < -0.4 is 4.90 Å². The molecule has 3 aromatic carbocycles. The third-order valence-electron chi connectivity index (χ3n) is 6.86. The maximum absolute atomic E-state index is 13.7. The first-order valence-electron chi connectivity index (χ1n) is 9.89. The molecule has 0 saturated carbocycles. The first kappa shape index (κ1) is 17.0. The van der Waals surface area contributed by atoms with Crippen molar-refractivity contribution < 1.29 is 9.59 Å². The molecular formula is C25H18ClNO2. The van der Waals surface area contributed by atoms with Crippen molar-refractivity contribution >= 4 is 29.1 Å². The van der Waals surface area contributed by atoms with Crippen LogP contribution >= 0.6 is 11.6 Å². The number of carbonyl (C=O) groups is 2. The van der Waals surface area contributed by atoms with Gasteiger partial charge < -0.3 is 0 Å². The third-order valence-corrected chi connectivity index (χ3v) is 7.10. The van der Waals surface area contributed by atoms with Crippen LogP contribution in [0.15, 0.2) is 66.7 Å². The highest BCUT2D eigenvalue weighted by atomic mass is 35.5. The Morgan fingerprint density at radius 2 is 1.17 bits per heavy atom. The molecule has 3 aromatic rings. The summed E-state index contributed by atoms with van der Waals surface area (Å²) in [6.45, 7) is 1.91. The molecule has 7 rings (SSSR count). The summed E-state index contributed by atoms with van der Waals surface area (Å²) in [5.74, 6) is -1.11. The van der Waals surface area contributed by atoms with Crippen LogP contribution in [-0.4, -0.2) is 11.8 Å².